The van der Waals surface area contributed by atoms with Gasteiger partial charge in [-0.1, -0.05) is 0 Å². The summed E-state index contributed by atoms with van der Waals surface area (Å²) < 4.78 is 17.9. The van der Waals surface area contributed by atoms with Crippen LogP contribution in [0.25, 0.3) is 0 Å². The molecule has 0 fully saturated rings. The van der Waals surface area contributed by atoms with Crippen molar-refractivity contribution in [2.24, 2.45) is 0 Å². The van der Waals surface area contributed by atoms with Gasteiger partial charge >= 0.3 is 0 Å². The van der Waals surface area contributed by atoms with Crippen LogP contribution in [0.4, 0.5) is 0 Å². The highest BCUT2D eigenvalue weighted by atomic mass is 32.2. The molecule has 0 saturated carbocycles. The number of benzene rings is 1. The highest BCUT2D eigenvalue weighted by Crippen LogP contribution is 2.43. The second kappa shape index (κ2) is 3.84. The molecule has 1 aliphatic rings. The van der Waals surface area contributed by atoms with Crippen molar-refractivity contribution in [2.45, 2.75) is 51.5 Å². The van der Waals surface area contributed by atoms with Gasteiger partial charge in [-0.15, -0.1) is 0 Å². The van der Waals surface area contributed by atoms with E-state index in [2.05, 4.69) is 27.7 Å². The predicted octanol–water partition coefficient (Wildman–Crippen LogP) is 3.06. The molecule has 0 amide bonds. The van der Waals surface area contributed by atoms with E-state index in [0.29, 0.717) is 0 Å². The second-order valence-electron chi connectivity index (χ2n) is 5.50. The van der Waals surface area contributed by atoms with Gasteiger partial charge in [-0.25, -0.2) is 0 Å². The molecule has 3 heteroatoms. The lowest BCUT2D eigenvalue weighted by Crippen LogP contribution is -2.24. The molecule has 0 radical (unpaired) electrons. The number of fused-ring (bicyclic) bond motifs is 1. The van der Waals surface area contributed by atoms with E-state index in [4.69, 9.17) is 4.74 Å². The highest BCUT2D eigenvalue weighted by molar-refractivity contribution is 7.84. The Morgan fingerprint density at radius 1 is 1.12 bits per heavy atom. The van der Waals surface area contributed by atoms with Crippen molar-refractivity contribution in [1.82, 2.24) is 0 Å². The Balaban J connectivity index is 2.74. The Labute approximate surface area is 106 Å². The molecule has 0 saturated heterocycles. The van der Waals surface area contributed by atoms with Crippen LogP contribution in [0.2, 0.25) is 0 Å². The van der Waals surface area contributed by atoms with Gasteiger partial charge in [-0.05, 0) is 51.3 Å². The second-order valence-corrected chi connectivity index (χ2v) is 6.82. The predicted molar refractivity (Wildman–Crippen MR) is 71.4 cm³/mol. The summed E-state index contributed by atoms with van der Waals surface area (Å²) in [4.78, 5) is 0.988. The van der Waals surface area contributed by atoms with E-state index in [1.165, 1.54) is 5.56 Å². The summed E-state index contributed by atoms with van der Waals surface area (Å²) in [5, 5.41) is 0. The molecule has 1 aliphatic heterocycles. The maximum absolute atomic E-state index is 11.9. The molecule has 0 N–H and O–H groups in total. The van der Waals surface area contributed by atoms with Gasteiger partial charge < -0.3 is 4.74 Å². The van der Waals surface area contributed by atoms with E-state index in [9.17, 15) is 4.21 Å². The minimum atomic E-state index is -0.935. The van der Waals surface area contributed by atoms with E-state index in [0.717, 1.165) is 33.8 Å². The lowest BCUT2D eigenvalue weighted by molar-refractivity contribution is 0.137. The molecule has 2 nitrogen and oxygen atoms in total. The molecule has 1 aromatic rings. The first-order chi connectivity index (χ1) is 7.74. The summed E-state index contributed by atoms with van der Waals surface area (Å²) in [6, 6.07) is 0. The third-order valence-electron chi connectivity index (χ3n) is 3.58. The minimum absolute atomic E-state index is 0.141. The van der Waals surface area contributed by atoms with Crippen molar-refractivity contribution in [3.05, 3.63) is 22.3 Å². The number of ether oxygens (including phenoxy) is 1. The molecule has 0 aliphatic carbocycles. The van der Waals surface area contributed by atoms with Crippen molar-refractivity contribution >= 4 is 10.8 Å². The molecular weight excluding hydrogens is 232 g/mol. The van der Waals surface area contributed by atoms with Crippen LogP contribution in [0.15, 0.2) is 4.90 Å². The van der Waals surface area contributed by atoms with Crippen LogP contribution < -0.4 is 4.74 Å². The molecule has 1 unspecified atom stereocenters. The van der Waals surface area contributed by atoms with Gasteiger partial charge in [0.1, 0.15) is 11.4 Å². The fourth-order valence-electron chi connectivity index (χ4n) is 2.68. The van der Waals surface area contributed by atoms with Crippen molar-refractivity contribution in [1.29, 1.82) is 0 Å². The lowest BCUT2D eigenvalue weighted by Gasteiger charge is -2.18. The van der Waals surface area contributed by atoms with E-state index in [-0.39, 0.29) is 5.60 Å². The van der Waals surface area contributed by atoms with Gasteiger partial charge in [0, 0.05) is 23.1 Å². The summed E-state index contributed by atoms with van der Waals surface area (Å²) in [5.74, 6) is 1.01. The molecule has 1 aromatic carbocycles. The Hall–Kier alpha value is -0.830. The van der Waals surface area contributed by atoms with E-state index in [1.54, 1.807) is 6.26 Å². The molecule has 1 heterocycles. The third kappa shape index (κ3) is 1.90. The third-order valence-corrected chi connectivity index (χ3v) is 4.77. The highest BCUT2D eigenvalue weighted by Gasteiger charge is 2.34. The first kappa shape index (κ1) is 12.6. The maximum atomic E-state index is 11.9. The number of rotatable bonds is 1. The van der Waals surface area contributed by atoms with Gasteiger partial charge in [0.2, 0.25) is 0 Å². The van der Waals surface area contributed by atoms with E-state index >= 15 is 0 Å². The summed E-state index contributed by atoms with van der Waals surface area (Å²) >= 11 is 0. The zero-order valence-corrected chi connectivity index (χ0v) is 12.2. The minimum Gasteiger partial charge on any atom is -0.487 e. The fourth-order valence-corrected chi connectivity index (χ4v) is 3.81. The molecule has 0 aromatic heterocycles. The zero-order chi connectivity index (χ0) is 13.0. The summed E-state index contributed by atoms with van der Waals surface area (Å²) in [6.07, 6.45) is 2.65. The van der Waals surface area contributed by atoms with Crippen LogP contribution in [0.1, 0.15) is 36.1 Å². The molecule has 2 rings (SSSR count). The zero-order valence-electron chi connectivity index (χ0n) is 11.4. The lowest BCUT2D eigenvalue weighted by atomic mass is 9.94. The van der Waals surface area contributed by atoms with Gasteiger partial charge in [-0.2, -0.15) is 0 Å². The molecule has 94 valence electrons. The Morgan fingerprint density at radius 2 is 1.71 bits per heavy atom. The average molecular weight is 252 g/mol. The fraction of sp³-hybridized carbons (Fsp3) is 0.571. The first-order valence-electron chi connectivity index (χ1n) is 5.89. The van der Waals surface area contributed by atoms with Crippen molar-refractivity contribution in [3.8, 4) is 5.75 Å². The standard InChI is InChI=1S/C14H20O2S/c1-8-9(2)13(17(6)15)10(3)11-7-14(4,5)16-12(8)11/h7H2,1-6H3. The van der Waals surface area contributed by atoms with Crippen LogP contribution in [0.5, 0.6) is 5.75 Å². The topological polar surface area (TPSA) is 26.3 Å². The van der Waals surface area contributed by atoms with E-state index < -0.39 is 10.8 Å². The SMILES string of the molecule is Cc1c(C)c(S(C)=O)c(C)c2c1OC(C)(C)C2. The monoisotopic (exact) mass is 252 g/mol. The van der Waals surface area contributed by atoms with Gasteiger partial charge in [0.25, 0.3) is 0 Å². The van der Waals surface area contributed by atoms with Crippen LogP contribution in [-0.2, 0) is 17.2 Å². The average Bonchev–Trinajstić information content (AvgIpc) is 2.51. The molecule has 1 atom stereocenters. The van der Waals surface area contributed by atoms with E-state index in [1.807, 2.05) is 6.92 Å². The van der Waals surface area contributed by atoms with Crippen molar-refractivity contribution in [2.75, 3.05) is 6.26 Å². The number of hydrogen-bond acceptors (Lipinski definition) is 2. The first-order valence-corrected chi connectivity index (χ1v) is 7.45. The van der Waals surface area contributed by atoms with Gasteiger partial charge in [0.15, 0.2) is 0 Å². The smallest absolute Gasteiger partial charge is 0.126 e. The molecular formula is C14H20O2S. The summed E-state index contributed by atoms with van der Waals surface area (Å²) in [5.41, 5.74) is 4.50. The Morgan fingerprint density at radius 3 is 2.24 bits per heavy atom. The van der Waals surface area contributed by atoms with Crippen molar-refractivity contribution < 1.29 is 8.95 Å². The van der Waals surface area contributed by atoms with Gasteiger partial charge in [0.05, 0.1) is 10.8 Å². The Kier molecular flexibility index (Phi) is 2.85. The maximum Gasteiger partial charge on any atom is 0.126 e. The number of hydrogen-bond donors (Lipinski definition) is 0. The van der Waals surface area contributed by atoms with Crippen LogP contribution in [0.3, 0.4) is 0 Å². The van der Waals surface area contributed by atoms with Crippen LogP contribution >= 0.6 is 0 Å². The van der Waals surface area contributed by atoms with Crippen LogP contribution in [0, 0.1) is 20.8 Å². The summed E-state index contributed by atoms with van der Waals surface area (Å²) in [7, 11) is -0.935. The summed E-state index contributed by atoms with van der Waals surface area (Å²) in [6.45, 7) is 10.4. The molecule has 0 bridgehead atoms. The molecule has 0 spiro atoms. The van der Waals surface area contributed by atoms with Crippen LogP contribution in [-0.4, -0.2) is 16.1 Å². The largest absolute Gasteiger partial charge is 0.487 e. The quantitative estimate of drug-likeness (QED) is 0.768. The van der Waals surface area contributed by atoms with Crippen molar-refractivity contribution in [3.63, 3.8) is 0 Å². The van der Waals surface area contributed by atoms with Gasteiger partial charge in [-0.3, -0.25) is 4.21 Å². The molecule has 17 heavy (non-hydrogen) atoms. The normalized spacial score (nSPS) is 18.7. The Bertz CT molecular complexity index is 516.